The van der Waals surface area contributed by atoms with Crippen molar-refractivity contribution in [2.45, 2.75) is 6.18 Å². The Kier molecular flexibility index (Phi) is 4.71. The Balaban J connectivity index is 2.21. The maximum absolute atomic E-state index is 12.9. The summed E-state index contributed by atoms with van der Waals surface area (Å²) >= 11 is 9.29. The molecule has 3 aromatic rings. The lowest BCUT2D eigenvalue weighted by Crippen LogP contribution is -2.21. The topological polar surface area (TPSA) is 34.9 Å². The van der Waals surface area contributed by atoms with E-state index in [1.807, 2.05) is 0 Å². The fraction of sp³-hybridized carbons (Fsp3) is 0.0588. The van der Waals surface area contributed by atoms with Gasteiger partial charge in [0.2, 0.25) is 0 Å². The summed E-state index contributed by atoms with van der Waals surface area (Å²) in [6, 6.07) is 11.3. The number of nitrogens with zero attached hydrogens (tertiary/aromatic N) is 2. The second kappa shape index (κ2) is 6.65. The van der Waals surface area contributed by atoms with E-state index >= 15 is 0 Å². The van der Waals surface area contributed by atoms with Gasteiger partial charge in [-0.05, 0) is 30.3 Å². The molecular weight excluding hydrogens is 421 g/mol. The molecule has 0 aliphatic carbocycles. The Bertz CT molecular complexity index is 1000. The lowest BCUT2D eigenvalue weighted by Gasteiger charge is -2.12. The predicted octanol–water partition coefficient (Wildman–Crippen LogP) is 5.33. The fourth-order valence-corrected chi connectivity index (χ4v) is 2.89. The highest BCUT2D eigenvalue weighted by atomic mass is 79.9. The Hall–Kier alpha value is -2.12. The molecule has 0 radical (unpaired) electrons. The van der Waals surface area contributed by atoms with Crippen LogP contribution < -0.4 is 5.56 Å². The van der Waals surface area contributed by atoms with Gasteiger partial charge in [-0.3, -0.25) is 9.36 Å². The monoisotopic (exact) mass is 428 g/mol. The van der Waals surface area contributed by atoms with Gasteiger partial charge in [0, 0.05) is 15.7 Å². The van der Waals surface area contributed by atoms with Gasteiger partial charge in [0.1, 0.15) is 10.8 Å². The van der Waals surface area contributed by atoms with Crippen LogP contribution in [0.25, 0.3) is 16.9 Å². The van der Waals surface area contributed by atoms with Gasteiger partial charge in [-0.1, -0.05) is 45.7 Å². The van der Waals surface area contributed by atoms with Gasteiger partial charge in [-0.25, -0.2) is 4.98 Å². The maximum atomic E-state index is 12.9. The molecule has 0 saturated carbocycles. The van der Waals surface area contributed by atoms with Gasteiger partial charge < -0.3 is 0 Å². The van der Waals surface area contributed by atoms with Crippen LogP contribution in [0.2, 0.25) is 5.15 Å². The number of aromatic nitrogens is 2. The molecule has 1 aromatic heterocycles. The predicted molar refractivity (Wildman–Crippen MR) is 93.0 cm³/mol. The molecule has 0 aliphatic heterocycles. The Morgan fingerprint density at radius 3 is 2.48 bits per heavy atom. The van der Waals surface area contributed by atoms with E-state index in [9.17, 15) is 18.0 Å². The minimum Gasteiger partial charge on any atom is -0.279 e. The van der Waals surface area contributed by atoms with Crippen LogP contribution in [-0.2, 0) is 6.18 Å². The number of alkyl halides is 3. The SMILES string of the molecule is O=c1c(-c2cccc(Br)c2)nc(Cl)cn1-c1cccc(C(F)(F)F)c1. The Labute approximate surface area is 153 Å². The normalized spacial score (nSPS) is 11.6. The molecular formula is C17H9BrClF3N2O. The first-order chi connectivity index (χ1) is 11.8. The quantitative estimate of drug-likeness (QED) is 0.551. The summed E-state index contributed by atoms with van der Waals surface area (Å²) in [6.07, 6.45) is -3.32. The summed E-state index contributed by atoms with van der Waals surface area (Å²) in [4.78, 5) is 16.8. The van der Waals surface area contributed by atoms with Gasteiger partial charge in [-0.2, -0.15) is 13.2 Å². The molecule has 3 rings (SSSR count). The van der Waals surface area contributed by atoms with Crippen LogP contribution in [0.1, 0.15) is 5.56 Å². The van der Waals surface area contributed by atoms with Crippen molar-refractivity contribution in [2.75, 3.05) is 0 Å². The van der Waals surface area contributed by atoms with Crippen LogP contribution in [0.5, 0.6) is 0 Å². The molecule has 0 fully saturated rings. The van der Waals surface area contributed by atoms with E-state index in [1.54, 1.807) is 24.3 Å². The van der Waals surface area contributed by atoms with E-state index in [0.29, 0.717) is 5.56 Å². The minimum absolute atomic E-state index is 0.00742. The van der Waals surface area contributed by atoms with Crippen molar-refractivity contribution in [2.24, 2.45) is 0 Å². The standard InChI is InChI=1S/C17H9BrClF3N2O/c18-12-5-1-3-10(7-12)15-16(25)24(9-14(19)23-15)13-6-2-4-11(8-13)17(20,21)22/h1-9H. The molecule has 0 saturated heterocycles. The fourth-order valence-electron chi connectivity index (χ4n) is 2.31. The second-order valence-electron chi connectivity index (χ2n) is 5.15. The molecule has 0 amide bonds. The Morgan fingerprint density at radius 2 is 1.80 bits per heavy atom. The van der Waals surface area contributed by atoms with Crippen molar-refractivity contribution in [3.63, 3.8) is 0 Å². The van der Waals surface area contributed by atoms with E-state index in [-0.39, 0.29) is 16.5 Å². The largest absolute Gasteiger partial charge is 0.416 e. The van der Waals surface area contributed by atoms with Crippen LogP contribution in [0.15, 0.2) is 64.0 Å². The van der Waals surface area contributed by atoms with Crippen molar-refractivity contribution >= 4 is 27.5 Å². The summed E-state index contributed by atoms with van der Waals surface area (Å²) in [5.41, 5.74) is -0.815. The van der Waals surface area contributed by atoms with Crippen molar-refractivity contribution in [3.8, 4) is 16.9 Å². The number of benzene rings is 2. The van der Waals surface area contributed by atoms with Crippen LogP contribution in [-0.4, -0.2) is 9.55 Å². The van der Waals surface area contributed by atoms with E-state index in [4.69, 9.17) is 11.6 Å². The van der Waals surface area contributed by atoms with Crippen LogP contribution >= 0.6 is 27.5 Å². The summed E-state index contributed by atoms with van der Waals surface area (Å²) in [7, 11) is 0. The number of hydrogen-bond donors (Lipinski definition) is 0. The molecule has 0 aliphatic rings. The molecule has 1 heterocycles. The molecule has 0 bridgehead atoms. The van der Waals surface area contributed by atoms with Crippen molar-refractivity contribution in [1.82, 2.24) is 9.55 Å². The summed E-state index contributed by atoms with van der Waals surface area (Å²) in [6.45, 7) is 0. The molecule has 3 nitrogen and oxygen atoms in total. The number of halogens is 5. The zero-order valence-corrected chi connectivity index (χ0v) is 14.7. The molecule has 0 unspecified atom stereocenters. The number of rotatable bonds is 2. The van der Waals surface area contributed by atoms with Gasteiger partial charge in [-0.15, -0.1) is 0 Å². The maximum Gasteiger partial charge on any atom is 0.416 e. The lowest BCUT2D eigenvalue weighted by atomic mass is 10.1. The van der Waals surface area contributed by atoms with Crippen LogP contribution in [0, 0.1) is 0 Å². The van der Waals surface area contributed by atoms with E-state index < -0.39 is 17.3 Å². The Morgan fingerprint density at radius 1 is 1.08 bits per heavy atom. The molecule has 8 heteroatoms. The van der Waals surface area contributed by atoms with Gasteiger partial charge in [0.25, 0.3) is 5.56 Å². The number of hydrogen-bond acceptors (Lipinski definition) is 2. The highest BCUT2D eigenvalue weighted by Crippen LogP contribution is 2.30. The van der Waals surface area contributed by atoms with Gasteiger partial charge in [0.05, 0.1) is 11.8 Å². The first-order valence-electron chi connectivity index (χ1n) is 6.98. The third-order valence-corrected chi connectivity index (χ3v) is 4.10. The third-order valence-electron chi connectivity index (χ3n) is 3.43. The van der Waals surface area contributed by atoms with Gasteiger partial charge >= 0.3 is 6.18 Å². The van der Waals surface area contributed by atoms with E-state index in [0.717, 1.165) is 21.2 Å². The van der Waals surface area contributed by atoms with Crippen molar-refractivity contribution < 1.29 is 13.2 Å². The van der Waals surface area contributed by atoms with Crippen molar-refractivity contribution in [1.29, 1.82) is 0 Å². The lowest BCUT2D eigenvalue weighted by molar-refractivity contribution is -0.137. The van der Waals surface area contributed by atoms with E-state index in [2.05, 4.69) is 20.9 Å². The van der Waals surface area contributed by atoms with Gasteiger partial charge in [0.15, 0.2) is 0 Å². The first-order valence-corrected chi connectivity index (χ1v) is 8.15. The summed E-state index contributed by atoms with van der Waals surface area (Å²) in [5.74, 6) is 0. The third kappa shape index (κ3) is 3.77. The molecule has 0 atom stereocenters. The average Bonchev–Trinajstić information content (AvgIpc) is 2.56. The van der Waals surface area contributed by atoms with Crippen molar-refractivity contribution in [3.05, 3.63) is 80.3 Å². The first kappa shape index (κ1) is 17.7. The summed E-state index contributed by atoms with van der Waals surface area (Å²) < 4.78 is 40.6. The van der Waals surface area contributed by atoms with E-state index in [1.165, 1.54) is 18.3 Å². The molecule has 0 N–H and O–H groups in total. The van der Waals surface area contributed by atoms with Crippen LogP contribution in [0.3, 0.4) is 0 Å². The average molecular weight is 430 g/mol. The molecule has 2 aromatic carbocycles. The molecule has 128 valence electrons. The minimum atomic E-state index is -4.51. The highest BCUT2D eigenvalue weighted by Gasteiger charge is 2.30. The zero-order chi connectivity index (χ0) is 18.2. The molecule has 0 spiro atoms. The smallest absolute Gasteiger partial charge is 0.279 e. The zero-order valence-electron chi connectivity index (χ0n) is 12.4. The highest BCUT2D eigenvalue weighted by molar-refractivity contribution is 9.10. The van der Waals surface area contributed by atoms with Crippen LogP contribution in [0.4, 0.5) is 13.2 Å². The second-order valence-corrected chi connectivity index (χ2v) is 6.45. The summed E-state index contributed by atoms with van der Waals surface area (Å²) in [5, 5.41) is -0.00742. The molecule has 25 heavy (non-hydrogen) atoms.